The van der Waals surface area contributed by atoms with E-state index in [1.807, 2.05) is 36.5 Å². The zero-order chi connectivity index (χ0) is 14.9. The van der Waals surface area contributed by atoms with Gasteiger partial charge in [0.05, 0.1) is 0 Å². The van der Waals surface area contributed by atoms with E-state index in [4.69, 9.17) is 4.98 Å². The third kappa shape index (κ3) is 2.30. The zero-order valence-corrected chi connectivity index (χ0v) is 12.4. The van der Waals surface area contributed by atoms with Gasteiger partial charge >= 0.3 is 0 Å². The van der Waals surface area contributed by atoms with Crippen molar-refractivity contribution in [3.63, 3.8) is 0 Å². The second kappa shape index (κ2) is 5.37. The molecule has 2 N–H and O–H groups in total. The van der Waals surface area contributed by atoms with Gasteiger partial charge in [0.2, 0.25) is 0 Å². The highest BCUT2D eigenvalue weighted by Crippen LogP contribution is 2.32. The summed E-state index contributed by atoms with van der Waals surface area (Å²) >= 11 is 0. The SMILES string of the molecule is Oc1ccc(-c2nc3ccccn3c2NC2CCCC2)cc1. The number of hydrogen-bond donors (Lipinski definition) is 2. The molecule has 2 heterocycles. The largest absolute Gasteiger partial charge is 0.508 e. The van der Waals surface area contributed by atoms with Crippen LogP contribution in [-0.4, -0.2) is 20.5 Å². The highest BCUT2D eigenvalue weighted by Gasteiger charge is 2.20. The van der Waals surface area contributed by atoms with Crippen LogP contribution >= 0.6 is 0 Å². The number of pyridine rings is 1. The van der Waals surface area contributed by atoms with Crippen LogP contribution in [0.4, 0.5) is 5.82 Å². The summed E-state index contributed by atoms with van der Waals surface area (Å²) in [5, 5.41) is 13.2. The summed E-state index contributed by atoms with van der Waals surface area (Å²) in [5.41, 5.74) is 2.89. The molecule has 0 bridgehead atoms. The fraction of sp³-hybridized carbons (Fsp3) is 0.278. The molecule has 0 atom stereocenters. The van der Waals surface area contributed by atoms with Crippen LogP contribution in [0, 0.1) is 0 Å². The van der Waals surface area contributed by atoms with Crippen LogP contribution in [0.2, 0.25) is 0 Å². The summed E-state index contributed by atoms with van der Waals surface area (Å²) in [7, 11) is 0. The van der Waals surface area contributed by atoms with Crippen LogP contribution in [0.25, 0.3) is 16.9 Å². The Bertz CT molecular complexity index is 786. The second-order valence-corrected chi connectivity index (χ2v) is 5.91. The average molecular weight is 293 g/mol. The summed E-state index contributed by atoms with van der Waals surface area (Å²) in [6.45, 7) is 0. The summed E-state index contributed by atoms with van der Waals surface area (Å²) in [5.74, 6) is 1.33. The van der Waals surface area contributed by atoms with E-state index in [1.54, 1.807) is 12.1 Å². The molecule has 0 saturated heterocycles. The van der Waals surface area contributed by atoms with E-state index in [-0.39, 0.29) is 5.75 Å². The Kier molecular flexibility index (Phi) is 3.22. The van der Waals surface area contributed by atoms with Crippen LogP contribution in [0.3, 0.4) is 0 Å². The maximum atomic E-state index is 9.50. The van der Waals surface area contributed by atoms with Gasteiger partial charge in [0.15, 0.2) is 0 Å². The van der Waals surface area contributed by atoms with Gasteiger partial charge in [-0.2, -0.15) is 0 Å². The Morgan fingerprint density at radius 1 is 1.05 bits per heavy atom. The normalized spacial score (nSPS) is 15.5. The number of nitrogens with one attached hydrogen (secondary N) is 1. The molecule has 4 heteroatoms. The van der Waals surface area contributed by atoms with Crippen molar-refractivity contribution in [1.82, 2.24) is 9.38 Å². The van der Waals surface area contributed by atoms with E-state index in [9.17, 15) is 5.11 Å². The lowest BCUT2D eigenvalue weighted by Gasteiger charge is -2.14. The van der Waals surface area contributed by atoms with Crippen molar-refractivity contribution in [2.75, 3.05) is 5.32 Å². The van der Waals surface area contributed by atoms with Gasteiger partial charge in [0.1, 0.15) is 22.9 Å². The number of phenolic OH excluding ortho intramolecular Hbond substituents is 1. The van der Waals surface area contributed by atoms with Gasteiger partial charge in [-0.15, -0.1) is 0 Å². The predicted octanol–water partition coefficient (Wildman–Crippen LogP) is 4.06. The molecule has 1 aromatic carbocycles. The Morgan fingerprint density at radius 2 is 1.82 bits per heavy atom. The molecule has 1 saturated carbocycles. The molecule has 112 valence electrons. The summed E-state index contributed by atoms with van der Waals surface area (Å²) in [4.78, 5) is 4.77. The third-order valence-corrected chi connectivity index (χ3v) is 4.37. The molecular formula is C18H19N3O. The first-order valence-corrected chi connectivity index (χ1v) is 7.84. The molecule has 0 radical (unpaired) electrons. The Balaban J connectivity index is 1.83. The van der Waals surface area contributed by atoms with Gasteiger partial charge in [0, 0.05) is 17.8 Å². The fourth-order valence-electron chi connectivity index (χ4n) is 3.22. The maximum Gasteiger partial charge on any atom is 0.139 e. The van der Waals surface area contributed by atoms with Gasteiger partial charge in [-0.25, -0.2) is 4.98 Å². The van der Waals surface area contributed by atoms with Crippen molar-refractivity contribution in [3.8, 4) is 17.0 Å². The zero-order valence-electron chi connectivity index (χ0n) is 12.4. The number of anilines is 1. The summed E-state index contributed by atoms with van der Waals surface area (Å²) < 4.78 is 2.11. The third-order valence-electron chi connectivity index (χ3n) is 4.37. The lowest BCUT2D eigenvalue weighted by atomic mass is 10.1. The smallest absolute Gasteiger partial charge is 0.139 e. The molecule has 1 fully saturated rings. The first kappa shape index (κ1) is 13.2. The topological polar surface area (TPSA) is 49.6 Å². The summed E-state index contributed by atoms with van der Waals surface area (Å²) in [6.07, 6.45) is 7.07. The van der Waals surface area contributed by atoms with Crippen molar-refractivity contribution in [2.24, 2.45) is 0 Å². The molecule has 0 unspecified atom stereocenters. The van der Waals surface area contributed by atoms with Gasteiger partial charge in [-0.3, -0.25) is 4.40 Å². The van der Waals surface area contributed by atoms with Crippen molar-refractivity contribution < 1.29 is 5.11 Å². The first-order valence-electron chi connectivity index (χ1n) is 7.84. The number of phenols is 1. The minimum absolute atomic E-state index is 0.276. The number of fused-ring (bicyclic) bond motifs is 1. The van der Waals surface area contributed by atoms with Crippen LogP contribution in [-0.2, 0) is 0 Å². The molecule has 22 heavy (non-hydrogen) atoms. The number of hydrogen-bond acceptors (Lipinski definition) is 3. The van der Waals surface area contributed by atoms with E-state index in [0.29, 0.717) is 6.04 Å². The monoisotopic (exact) mass is 293 g/mol. The number of imidazole rings is 1. The van der Waals surface area contributed by atoms with Gasteiger partial charge in [-0.05, 0) is 49.2 Å². The van der Waals surface area contributed by atoms with Crippen LogP contribution in [0.1, 0.15) is 25.7 Å². The number of benzene rings is 1. The van der Waals surface area contributed by atoms with Crippen LogP contribution in [0.15, 0.2) is 48.7 Å². The number of aromatic hydroxyl groups is 1. The molecule has 1 aliphatic carbocycles. The van der Waals surface area contributed by atoms with Gasteiger partial charge in [0.25, 0.3) is 0 Å². The van der Waals surface area contributed by atoms with E-state index in [2.05, 4.69) is 9.72 Å². The fourth-order valence-corrected chi connectivity index (χ4v) is 3.22. The highest BCUT2D eigenvalue weighted by atomic mass is 16.3. The molecule has 2 aromatic heterocycles. The van der Waals surface area contributed by atoms with E-state index < -0.39 is 0 Å². The second-order valence-electron chi connectivity index (χ2n) is 5.91. The highest BCUT2D eigenvalue weighted by molar-refractivity contribution is 5.77. The van der Waals surface area contributed by atoms with Crippen molar-refractivity contribution in [1.29, 1.82) is 0 Å². The minimum Gasteiger partial charge on any atom is -0.508 e. The van der Waals surface area contributed by atoms with Crippen LogP contribution in [0.5, 0.6) is 5.75 Å². The molecule has 0 spiro atoms. The molecule has 1 aliphatic rings. The molecule has 4 nitrogen and oxygen atoms in total. The summed E-state index contributed by atoms with van der Waals surface area (Å²) in [6, 6.07) is 13.8. The molecule has 3 aromatic rings. The van der Waals surface area contributed by atoms with Crippen molar-refractivity contribution in [3.05, 3.63) is 48.7 Å². The number of aromatic nitrogens is 2. The lowest BCUT2D eigenvalue weighted by Crippen LogP contribution is -2.16. The average Bonchev–Trinajstić information content (AvgIpc) is 3.17. The molecular weight excluding hydrogens is 274 g/mol. The predicted molar refractivity (Wildman–Crippen MR) is 88.2 cm³/mol. The lowest BCUT2D eigenvalue weighted by molar-refractivity contribution is 0.475. The standard InChI is InChI=1S/C18H19N3O/c22-15-10-8-13(9-11-15)17-18(19-14-5-1-2-6-14)21-12-4-3-7-16(21)20-17/h3-4,7-12,14,19,22H,1-2,5-6H2. The molecule has 0 aliphatic heterocycles. The van der Waals surface area contributed by atoms with Crippen molar-refractivity contribution in [2.45, 2.75) is 31.7 Å². The Hall–Kier alpha value is -2.49. The van der Waals surface area contributed by atoms with Crippen molar-refractivity contribution >= 4 is 11.5 Å². The maximum absolute atomic E-state index is 9.50. The van der Waals surface area contributed by atoms with Gasteiger partial charge < -0.3 is 10.4 Å². The number of rotatable bonds is 3. The Morgan fingerprint density at radius 3 is 2.59 bits per heavy atom. The molecule has 0 amide bonds. The van der Waals surface area contributed by atoms with E-state index in [1.165, 1.54) is 25.7 Å². The minimum atomic E-state index is 0.276. The first-order chi connectivity index (χ1) is 10.8. The molecule has 4 rings (SSSR count). The Labute approximate surface area is 129 Å². The van der Waals surface area contributed by atoms with Gasteiger partial charge in [-0.1, -0.05) is 18.9 Å². The van der Waals surface area contributed by atoms with Crippen LogP contribution < -0.4 is 5.32 Å². The number of nitrogens with zero attached hydrogens (tertiary/aromatic N) is 2. The van der Waals surface area contributed by atoms with E-state index in [0.717, 1.165) is 22.7 Å². The quantitative estimate of drug-likeness (QED) is 0.765. The van der Waals surface area contributed by atoms with E-state index >= 15 is 0 Å².